The molecule has 0 aromatic carbocycles. The number of carbonyl (C=O) groups excluding carboxylic acids is 3. The van der Waals surface area contributed by atoms with Gasteiger partial charge in [-0.25, -0.2) is 9.78 Å². The number of aromatic nitrogens is 2. The minimum atomic E-state index is -1.18. The average Bonchev–Trinajstić information content (AvgIpc) is 3.32. The number of carbonyl (C=O) groups is 4. The largest absolute Gasteiger partial charge is 0.480 e. The van der Waals surface area contributed by atoms with E-state index in [0.717, 1.165) is 0 Å². The van der Waals surface area contributed by atoms with Gasteiger partial charge in [0.15, 0.2) is 5.96 Å². The highest BCUT2D eigenvalue weighted by Gasteiger charge is 2.31. The Kier molecular flexibility index (Phi) is 13.8. The summed E-state index contributed by atoms with van der Waals surface area (Å²) in [4.78, 5) is 61.5. The Hall–Kier alpha value is -3.68. The SMILES string of the molecule is CC(C)CC(N)C(=O)NC(Cc1cnc[nH]1)C(=O)NC(CCCN=C(N)N)C(=O)NC(CC(C)C)C(=O)O. The molecule has 0 saturated carbocycles. The maximum Gasteiger partial charge on any atom is 0.326 e. The number of nitrogens with one attached hydrogen (secondary N) is 4. The van der Waals surface area contributed by atoms with E-state index in [0.29, 0.717) is 18.5 Å². The molecule has 1 aromatic heterocycles. The molecule has 0 radical (unpaired) electrons. The minimum Gasteiger partial charge on any atom is -0.480 e. The molecule has 0 saturated heterocycles. The van der Waals surface area contributed by atoms with E-state index >= 15 is 0 Å². The monoisotopic (exact) mass is 537 g/mol. The molecule has 0 spiro atoms. The maximum absolute atomic E-state index is 13.3. The van der Waals surface area contributed by atoms with Gasteiger partial charge in [-0.1, -0.05) is 27.7 Å². The normalized spacial score (nSPS) is 14.3. The first-order chi connectivity index (χ1) is 17.8. The lowest BCUT2D eigenvalue weighted by molar-refractivity contribution is -0.142. The molecule has 0 bridgehead atoms. The number of aromatic amines is 1. The van der Waals surface area contributed by atoms with Crippen LogP contribution in [0.25, 0.3) is 0 Å². The number of hydrogen-bond donors (Lipinski definition) is 8. The van der Waals surface area contributed by atoms with E-state index in [4.69, 9.17) is 17.2 Å². The van der Waals surface area contributed by atoms with Crippen LogP contribution in [0.1, 0.15) is 59.1 Å². The molecule has 4 unspecified atom stereocenters. The summed E-state index contributed by atoms with van der Waals surface area (Å²) in [6, 6.07) is -4.12. The van der Waals surface area contributed by atoms with Crippen LogP contribution in [0.5, 0.6) is 0 Å². The van der Waals surface area contributed by atoms with Crippen LogP contribution in [0.3, 0.4) is 0 Å². The summed E-state index contributed by atoms with van der Waals surface area (Å²) in [5.74, 6) is -2.92. The summed E-state index contributed by atoms with van der Waals surface area (Å²) in [7, 11) is 0. The van der Waals surface area contributed by atoms with Crippen molar-refractivity contribution in [1.29, 1.82) is 0 Å². The van der Waals surface area contributed by atoms with E-state index in [1.807, 2.05) is 27.7 Å². The Morgan fingerprint density at radius 3 is 2.05 bits per heavy atom. The van der Waals surface area contributed by atoms with Crippen molar-refractivity contribution in [2.45, 2.75) is 84.0 Å². The van der Waals surface area contributed by atoms with Crippen molar-refractivity contribution in [3.8, 4) is 0 Å². The number of carboxylic acids is 1. The number of aliphatic carboxylic acids is 1. The van der Waals surface area contributed by atoms with Gasteiger partial charge in [0.25, 0.3) is 0 Å². The second-order valence-corrected chi connectivity index (χ2v) is 10.1. The second kappa shape index (κ2) is 16.2. The molecule has 1 aromatic rings. The van der Waals surface area contributed by atoms with Crippen LogP contribution in [0, 0.1) is 11.8 Å². The summed E-state index contributed by atoms with van der Waals surface area (Å²) >= 11 is 0. The topological polar surface area (TPSA) is 244 Å². The van der Waals surface area contributed by atoms with Gasteiger partial charge in [-0.05, 0) is 37.5 Å². The van der Waals surface area contributed by atoms with Gasteiger partial charge < -0.3 is 43.2 Å². The molecule has 4 atom stereocenters. The fourth-order valence-electron chi connectivity index (χ4n) is 3.73. The van der Waals surface area contributed by atoms with E-state index in [9.17, 15) is 24.3 Å². The Bertz CT molecular complexity index is 930. The molecule has 14 nitrogen and oxygen atoms in total. The molecule has 0 aliphatic heterocycles. The second-order valence-electron chi connectivity index (χ2n) is 10.1. The van der Waals surface area contributed by atoms with E-state index in [1.165, 1.54) is 12.5 Å². The lowest BCUT2D eigenvalue weighted by atomic mass is 10.0. The maximum atomic E-state index is 13.3. The number of guanidine groups is 1. The van der Waals surface area contributed by atoms with Crippen LogP contribution in [0.15, 0.2) is 17.5 Å². The van der Waals surface area contributed by atoms with Crippen LogP contribution >= 0.6 is 0 Å². The summed E-state index contributed by atoms with van der Waals surface area (Å²) in [6.07, 6.45) is 4.11. The third kappa shape index (κ3) is 12.5. The van der Waals surface area contributed by atoms with E-state index in [1.54, 1.807) is 0 Å². The summed E-state index contributed by atoms with van der Waals surface area (Å²) < 4.78 is 0. The fourth-order valence-corrected chi connectivity index (χ4v) is 3.73. The highest BCUT2D eigenvalue weighted by Crippen LogP contribution is 2.09. The molecular formula is C24H43N9O5. The van der Waals surface area contributed by atoms with Crippen LogP contribution in [0.2, 0.25) is 0 Å². The third-order valence-electron chi connectivity index (χ3n) is 5.57. The molecule has 38 heavy (non-hydrogen) atoms. The number of imidazole rings is 1. The van der Waals surface area contributed by atoms with Gasteiger partial charge in [-0.15, -0.1) is 0 Å². The Balaban J connectivity index is 3.10. The number of aliphatic imine (C=N–C) groups is 1. The zero-order valence-electron chi connectivity index (χ0n) is 22.6. The molecular weight excluding hydrogens is 494 g/mol. The number of hydrogen-bond acceptors (Lipinski definition) is 7. The van der Waals surface area contributed by atoms with Crippen molar-refractivity contribution in [3.63, 3.8) is 0 Å². The predicted octanol–water partition coefficient (Wildman–Crippen LogP) is -1.04. The fraction of sp³-hybridized carbons (Fsp3) is 0.667. The lowest BCUT2D eigenvalue weighted by Gasteiger charge is -2.25. The Labute approximate surface area is 223 Å². The molecule has 11 N–H and O–H groups in total. The number of nitrogens with zero attached hydrogens (tertiary/aromatic N) is 2. The molecule has 0 fully saturated rings. The molecule has 0 aliphatic rings. The third-order valence-corrected chi connectivity index (χ3v) is 5.57. The first-order valence-electron chi connectivity index (χ1n) is 12.7. The van der Waals surface area contributed by atoms with Crippen molar-refractivity contribution in [2.24, 2.45) is 34.0 Å². The molecule has 0 aliphatic carbocycles. The Morgan fingerprint density at radius 2 is 1.53 bits per heavy atom. The van der Waals surface area contributed by atoms with Crippen LogP contribution < -0.4 is 33.2 Å². The highest BCUT2D eigenvalue weighted by atomic mass is 16.4. The lowest BCUT2D eigenvalue weighted by Crippen LogP contribution is -2.57. The summed E-state index contributed by atoms with van der Waals surface area (Å²) in [5.41, 5.74) is 17.3. The van der Waals surface area contributed by atoms with Gasteiger partial charge in [-0.3, -0.25) is 19.4 Å². The van der Waals surface area contributed by atoms with E-state index in [2.05, 4.69) is 30.9 Å². The molecule has 14 heteroatoms. The summed E-state index contributed by atoms with van der Waals surface area (Å²) in [6.45, 7) is 7.73. The van der Waals surface area contributed by atoms with Crippen LogP contribution in [-0.4, -0.2) is 75.4 Å². The van der Waals surface area contributed by atoms with Gasteiger partial charge in [0.2, 0.25) is 17.7 Å². The first kappa shape index (κ1) is 32.3. The summed E-state index contributed by atoms with van der Waals surface area (Å²) in [5, 5.41) is 17.4. The zero-order chi connectivity index (χ0) is 28.8. The van der Waals surface area contributed by atoms with Crippen LogP contribution in [-0.2, 0) is 25.6 Å². The van der Waals surface area contributed by atoms with Gasteiger partial charge >= 0.3 is 5.97 Å². The van der Waals surface area contributed by atoms with Gasteiger partial charge in [0, 0.05) is 24.9 Å². The molecule has 1 rings (SSSR count). The number of amides is 3. The van der Waals surface area contributed by atoms with Crippen molar-refractivity contribution in [3.05, 3.63) is 18.2 Å². The van der Waals surface area contributed by atoms with E-state index < -0.39 is 47.9 Å². The van der Waals surface area contributed by atoms with Crippen LogP contribution in [0.4, 0.5) is 0 Å². The number of rotatable bonds is 17. The van der Waals surface area contributed by atoms with E-state index in [-0.39, 0.29) is 43.6 Å². The van der Waals surface area contributed by atoms with Crippen molar-refractivity contribution >= 4 is 29.7 Å². The number of nitrogens with two attached hydrogens (primary N) is 3. The molecule has 1 heterocycles. The zero-order valence-corrected chi connectivity index (χ0v) is 22.6. The van der Waals surface area contributed by atoms with Gasteiger partial charge in [-0.2, -0.15) is 0 Å². The number of H-pyrrole nitrogens is 1. The predicted molar refractivity (Wildman–Crippen MR) is 143 cm³/mol. The van der Waals surface area contributed by atoms with Crippen molar-refractivity contribution < 1.29 is 24.3 Å². The first-order valence-corrected chi connectivity index (χ1v) is 12.7. The molecule has 214 valence electrons. The van der Waals surface area contributed by atoms with Gasteiger partial charge in [0.05, 0.1) is 12.4 Å². The molecule has 3 amide bonds. The quantitative estimate of drug-likeness (QED) is 0.0686. The van der Waals surface area contributed by atoms with Crippen molar-refractivity contribution in [2.75, 3.05) is 6.54 Å². The average molecular weight is 538 g/mol. The smallest absolute Gasteiger partial charge is 0.326 e. The minimum absolute atomic E-state index is 0.00959. The van der Waals surface area contributed by atoms with Gasteiger partial charge in [0.1, 0.15) is 18.1 Å². The standard InChI is InChI=1S/C24H43N9O5/c1-13(2)8-16(25)20(34)32-18(10-15-11-28-12-30-15)22(36)31-17(6-5-7-29-24(26)27)21(35)33-19(23(37)38)9-14(3)4/h11-14,16-19H,5-10,25H2,1-4H3,(H,28,30)(H,31,36)(H,32,34)(H,33,35)(H,37,38)(H4,26,27,29). The highest BCUT2D eigenvalue weighted by molar-refractivity contribution is 5.94. The van der Waals surface area contributed by atoms with Crippen molar-refractivity contribution in [1.82, 2.24) is 25.9 Å². The Morgan fingerprint density at radius 1 is 0.947 bits per heavy atom. The number of carboxylic acid groups (broad SMARTS) is 1.